The summed E-state index contributed by atoms with van der Waals surface area (Å²) in [4.78, 5) is 10.9. The smallest absolute Gasteiger partial charge is 0.152 e. The Labute approximate surface area is 92.5 Å². The summed E-state index contributed by atoms with van der Waals surface area (Å²) in [6, 6.07) is 0. The largest absolute Gasteiger partial charge is 0.381 e. The predicted molar refractivity (Wildman–Crippen MR) is 60.7 cm³/mol. The summed E-state index contributed by atoms with van der Waals surface area (Å²) in [5.41, 5.74) is -0.321. The number of hydrogen-bond acceptors (Lipinski definition) is 2. The Kier molecular flexibility index (Phi) is 2.88. The molecular weight excluding hydrogens is 279 g/mol. The molecule has 1 atom stereocenters. The second-order valence-electron chi connectivity index (χ2n) is 4.26. The highest BCUT2D eigenvalue weighted by Gasteiger charge is 2.48. The Morgan fingerprint density at radius 3 is 2.54 bits per heavy atom. The lowest BCUT2D eigenvalue weighted by molar-refractivity contribution is -0.135. The van der Waals surface area contributed by atoms with Gasteiger partial charge in [0.05, 0.1) is 0 Å². The SMILES string of the molecule is CC1=C(I)C(C)(C)[C@](O)(C=O)CC1. The number of rotatable bonds is 1. The monoisotopic (exact) mass is 294 g/mol. The van der Waals surface area contributed by atoms with Gasteiger partial charge in [0.2, 0.25) is 0 Å². The zero-order valence-corrected chi connectivity index (χ0v) is 10.4. The fourth-order valence-corrected chi connectivity index (χ4v) is 2.47. The Bertz CT molecular complexity index is 268. The highest BCUT2D eigenvalue weighted by atomic mass is 127. The summed E-state index contributed by atoms with van der Waals surface area (Å²) < 4.78 is 1.12. The lowest BCUT2D eigenvalue weighted by Crippen LogP contribution is -2.48. The van der Waals surface area contributed by atoms with E-state index in [1.807, 2.05) is 13.8 Å². The van der Waals surface area contributed by atoms with Crippen LogP contribution in [0.2, 0.25) is 0 Å². The maximum atomic E-state index is 10.9. The molecule has 0 aromatic rings. The molecule has 0 aromatic carbocycles. The number of halogens is 1. The number of allylic oxidation sites excluding steroid dienone is 1. The van der Waals surface area contributed by atoms with E-state index in [1.165, 1.54) is 5.57 Å². The molecule has 0 unspecified atom stereocenters. The fourth-order valence-electron chi connectivity index (χ4n) is 1.73. The standard InChI is InChI=1S/C10H15IO2/c1-7-4-5-10(13,6-12)9(2,3)8(7)11/h6,13H,4-5H2,1-3H3/t10-/m1/s1. The van der Waals surface area contributed by atoms with Gasteiger partial charge in [-0.05, 0) is 45.9 Å². The highest BCUT2D eigenvalue weighted by Crippen LogP contribution is 2.49. The molecule has 0 saturated heterocycles. The van der Waals surface area contributed by atoms with Crippen LogP contribution in [-0.2, 0) is 4.79 Å². The number of carbonyl (C=O) groups excluding carboxylic acids is 1. The summed E-state index contributed by atoms with van der Waals surface area (Å²) in [7, 11) is 0. The Hall–Kier alpha value is 0.100. The molecule has 0 aromatic heterocycles. The van der Waals surface area contributed by atoms with Crippen molar-refractivity contribution in [3.05, 3.63) is 9.15 Å². The molecule has 0 fully saturated rings. The minimum absolute atomic E-state index is 0.433. The van der Waals surface area contributed by atoms with E-state index in [-0.39, 0.29) is 0 Å². The third-order valence-electron chi connectivity index (χ3n) is 3.08. The second kappa shape index (κ2) is 3.35. The van der Waals surface area contributed by atoms with Crippen LogP contribution in [0.4, 0.5) is 0 Å². The minimum Gasteiger partial charge on any atom is -0.381 e. The van der Waals surface area contributed by atoms with E-state index in [4.69, 9.17) is 0 Å². The van der Waals surface area contributed by atoms with Gasteiger partial charge in [-0.25, -0.2) is 0 Å². The molecule has 1 N–H and O–H groups in total. The first kappa shape index (κ1) is 11.2. The third kappa shape index (κ3) is 1.56. The average Bonchev–Trinajstić information content (AvgIpc) is 2.09. The number of carbonyl (C=O) groups is 1. The number of hydrogen-bond donors (Lipinski definition) is 1. The number of aldehydes is 1. The van der Waals surface area contributed by atoms with Gasteiger partial charge in [-0.2, -0.15) is 0 Å². The molecule has 1 aliphatic rings. The first-order valence-electron chi connectivity index (χ1n) is 4.39. The molecule has 0 spiro atoms. The Morgan fingerprint density at radius 2 is 2.08 bits per heavy atom. The van der Waals surface area contributed by atoms with Crippen molar-refractivity contribution < 1.29 is 9.90 Å². The first-order chi connectivity index (χ1) is 5.85. The van der Waals surface area contributed by atoms with Crippen molar-refractivity contribution in [3.8, 4) is 0 Å². The summed E-state index contributed by atoms with van der Waals surface area (Å²) in [5, 5.41) is 10.1. The normalized spacial score (nSPS) is 33.3. The van der Waals surface area contributed by atoms with E-state index in [9.17, 15) is 9.90 Å². The van der Waals surface area contributed by atoms with Crippen molar-refractivity contribution in [1.82, 2.24) is 0 Å². The molecule has 0 saturated carbocycles. The average molecular weight is 294 g/mol. The van der Waals surface area contributed by atoms with Crippen molar-refractivity contribution in [2.75, 3.05) is 0 Å². The van der Waals surface area contributed by atoms with Gasteiger partial charge in [0.15, 0.2) is 6.29 Å². The fraction of sp³-hybridized carbons (Fsp3) is 0.700. The first-order valence-corrected chi connectivity index (χ1v) is 5.47. The van der Waals surface area contributed by atoms with Crippen molar-refractivity contribution in [3.63, 3.8) is 0 Å². The molecule has 0 heterocycles. The van der Waals surface area contributed by atoms with Crippen LogP contribution in [0.15, 0.2) is 9.15 Å². The van der Waals surface area contributed by atoms with Crippen molar-refractivity contribution in [1.29, 1.82) is 0 Å². The molecule has 74 valence electrons. The van der Waals surface area contributed by atoms with Gasteiger partial charge in [-0.3, -0.25) is 0 Å². The van der Waals surface area contributed by atoms with Crippen LogP contribution in [0.1, 0.15) is 33.6 Å². The highest BCUT2D eigenvalue weighted by molar-refractivity contribution is 14.1. The van der Waals surface area contributed by atoms with Crippen LogP contribution in [-0.4, -0.2) is 17.0 Å². The van der Waals surface area contributed by atoms with Crippen LogP contribution < -0.4 is 0 Å². The molecular formula is C10H15IO2. The third-order valence-corrected chi connectivity index (χ3v) is 5.35. The van der Waals surface area contributed by atoms with Gasteiger partial charge >= 0.3 is 0 Å². The summed E-state index contributed by atoms with van der Waals surface area (Å²) >= 11 is 2.23. The maximum absolute atomic E-state index is 10.9. The summed E-state index contributed by atoms with van der Waals surface area (Å²) in [6.45, 7) is 5.91. The van der Waals surface area contributed by atoms with E-state index < -0.39 is 11.0 Å². The minimum atomic E-state index is -1.18. The molecule has 0 amide bonds. The van der Waals surface area contributed by atoms with Gasteiger partial charge in [-0.15, -0.1) is 0 Å². The van der Waals surface area contributed by atoms with Crippen LogP contribution in [0.5, 0.6) is 0 Å². The zero-order valence-electron chi connectivity index (χ0n) is 8.22. The molecule has 0 bridgehead atoms. The van der Waals surface area contributed by atoms with E-state index in [2.05, 4.69) is 29.5 Å². The second-order valence-corrected chi connectivity index (χ2v) is 5.34. The van der Waals surface area contributed by atoms with Crippen LogP contribution in [0, 0.1) is 5.41 Å². The summed E-state index contributed by atoms with van der Waals surface area (Å²) in [5.74, 6) is 0. The quantitative estimate of drug-likeness (QED) is 0.596. The predicted octanol–water partition coefficient (Wildman–Crippen LogP) is 2.45. The Morgan fingerprint density at radius 1 is 1.54 bits per heavy atom. The lowest BCUT2D eigenvalue weighted by atomic mass is 9.68. The molecule has 3 heteroatoms. The lowest BCUT2D eigenvalue weighted by Gasteiger charge is -2.43. The molecule has 1 aliphatic carbocycles. The topological polar surface area (TPSA) is 37.3 Å². The van der Waals surface area contributed by atoms with Crippen molar-refractivity contribution in [2.24, 2.45) is 5.41 Å². The van der Waals surface area contributed by atoms with E-state index in [1.54, 1.807) is 0 Å². The van der Waals surface area contributed by atoms with Gasteiger partial charge < -0.3 is 9.90 Å². The summed E-state index contributed by atoms with van der Waals surface area (Å²) in [6.07, 6.45) is 2.05. The van der Waals surface area contributed by atoms with Crippen molar-refractivity contribution >= 4 is 28.9 Å². The van der Waals surface area contributed by atoms with E-state index in [0.29, 0.717) is 12.7 Å². The van der Waals surface area contributed by atoms with Gasteiger partial charge in [0.25, 0.3) is 0 Å². The van der Waals surface area contributed by atoms with E-state index >= 15 is 0 Å². The number of aliphatic hydroxyl groups is 1. The molecule has 0 radical (unpaired) electrons. The van der Waals surface area contributed by atoms with Crippen molar-refractivity contribution in [2.45, 2.75) is 39.2 Å². The van der Waals surface area contributed by atoms with E-state index in [0.717, 1.165) is 10.0 Å². The van der Waals surface area contributed by atoms with Gasteiger partial charge in [0.1, 0.15) is 5.60 Å². The molecule has 13 heavy (non-hydrogen) atoms. The van der Waals surface area contributed by atoms with Crippen LogP contribution >= 0.6 is 22.6 Å². The van der Waals surface area contributed by atoms with Crippen LogP contribution in [0.3, 0.4) is 0 Å². The maximum Gasteiger partial charge on any atom is 0.152 e. The molecule has 2 nitrogen and oxygen atoms in total. The zero-order chi connectivity index (χ0) is 10.3. The Balaban J connectivity index is 3.19. The molecule has 0 aliphatic heterocycles. The molecule has 1 rings (SSSR count). The van der Waals surface area contributed by atoms with Crippen LogP contribution in [0.25, 0.3) is 0 Å². The van der Waals surface area contributed by atoms with Gasteiger partial charge in [0, 0.05) is 5.41 Å². The van der Waals surface area contributed by atoms with Gasteiger partial charge in [-0.1, -0.05) is 19.4 Å².